The van der Waals surface area contributed by atoms with Crippen molar-refractivity contribution in [2.45, 2.75) is 57.0 Å². The minimum Gasteiger partial charge on any atom is -0.457 e. The molecular weight excluding hydrogens is 477 g/mol. The molecule has 1 unspecified atom stereocenters. The van der Waals surface area contributed by atoms with Crippen molar-refractivity contribution in [1.29, 1.82) is 0 Å². The maximum absolute atomic E-state index is 13.5. The van der Waals surface area contributed by atoms with Crippen molar-refractivity contribution in [1.82, 2.24) is 10.6 Å². The molecular formula is C26H29F3N2O5. The maximum atomic E-state index is 13.5. The number of aliphatic hydroxyl groups excluding tert-OH is 1. The third-order valence-electron chi connectivity index (χ3n) is 6.49. The molecule has 1 saturated carbocycles. The highest BCUT2D eigenvalue weighted by Crippen LogP contribution is 2.39. The van der Waals surface area contributed by atoms with Crippen LogP contribution in [0.3, 0.4) is 0 Å². The molecule has 7 nitrogen and oxygen atoms in total. The minimum absolute atomic E-state index is 0.0221. The summed E-state index contributed by atoms with van der Waals surface area (Å²) in [4.78, 5) is 25.4. The molecule has 1 saturated heterocycles. The molecule has 0 spiro atoms. The first-order valence-corrected chi connectivity index (χ1v) is 11.9. The highest BCUT2D eigenvalue weighted by molar-refractivity contribution is 5.92. The third-order valence-corrected chi connectivity index (χ3v) is 6.49. The van der Waals surface area contributed by atoms with Gasteiger partial charge in [0.25, 0.3) is 0 Å². The van der Waals surface area contributed by atoms with Gasteiger partial charge in [-0.25, -0.2) is 0 Å². The zero-order chi connectivity index (χ0) is 25.9. The van der Waals surface area contributed by atoms with Crippen LogP contribution in [0.15, 0.2) is 42.5 Å². The second-order valence-electron chi connectivity index (χ2n) is 9.32. The van der Waals surface area contributed by atoms with E-state index >= 15 is 0 Å². The fraction of sp³-hybridized carbons (Fsp3) is 0.462. The van der Waals surface area contributed by atoms with E-state index in [-0.39, 0.29) is 41.3 Å². The van der Waals surface area contributed by atoms with Gasteiger partial charge in [-0.3, -0.25) is 9.59 Å². The molecule has 2 aromatic carbocycles. The number of halogens is 3. The Bertz CT molecular complexity index is 1090. The van der Waals surface area contributed by atoms with Crippen LogP contribution in [-0.2, 0) is 27.0 Å². The quantitative estimate of drug-likeness (QED) is 0.498. The summed E-state index contributed by atoms with van der Waals surface area (Å²) in [5.74, 6) is -0.591. The lowest BCUT2D eigenvalue weighted by atomic mass is 9.88. The molecule has 2 aliphatic rings. The number of carbonyl (C=O) groups is 2. The monoisotopic (exact) mass is 506 g/mol. The van der Waals surface area contributed by atoms with Gasteiger partial charge in [0.15, 0.2) is 0 Å². The Labute approximate surface area is 207 Å². The lowest BCUT2D eigenvalue weighted by Gasteiger charge is -2.36. The number of rotatable bonds is 8. The maximum Gasteiger partial charge on any atom is 0.419 e. The van der Waals surface area contributed by atoms with Crippen molar-refractivity contribution >= 4 is 11.8 Å². The van der Waals surface area contributed by atoms with E-state index in [1.54, 1.807) is 12.1 Å². The predicted molar refractivity (Wildman–Crippen MR) is 124 cm³/mol. The smallest absolute Gasteiger partial charge is 0.419 e. The average Bonchev–Trinajstić information content (AvgIpc) is 3.69. The van der Waals surface area contributed by atoms with Gasteiger partial charge in [0.05, 0.1) is 11.7 Å². The van der Waals surface area contributed by atoms with Crippen LogP contribution in [0.5, 0.6) is 11.5 Å². The lowest BCUT2D eigenvalue weighted by Crippen LogP contribution is -2.61. The second kappa shape index (κ2) is 10.5. The summed E-state index contributed by atoms with van der Waals surface area (Å²) in [7, 11) is 0. The van der Waals surface area contributed by atoms with Gasteiger partial charge in [-0.1, -0.05) is 18.2 Å². The van der Waals surface area contributed by atoms with Crippen LogP contribution in [0.4, 0.5) is 13.2 Å². The Morgan fingerprint density at radius 1 is 1.14 bits per heavy atom. The molecule has 1 aliphatic carbocycles. The first-order valence-electron chi connectivity index (χ1n) is 11.9. The van der Waals surface area contributed by atoms with Crippen LogP contribution in [0, 0.1) is 5.92 Å². The zero-order valence-electron chi connectivity index (χ0n) is 19.9. The van der Waals surface area contributed by atoms with Crippen molar-refractivity contribution in [2.75, 3.05) is 13.2 Å². The summed E-state index contributed by atoms with van der Waals surface area (Å²) in [6.07, 6.45) is -3.25. The van der Waals surface area contributed by atoms with Crippen LogP contribution >= 0.6 is 0 Å². The van der Waals surface area contributed by atoms with E-state index in [0.29, 0.717) is 31.6 Å². The summed E-state index contributed by atoms with van der Waals surface area (Å²) in [6.45, 7) is 2.32. The molecule has 2 aromatic rings. The van der Waals surface area contributed by atoms with E-state index in [1.165, 1.54) is 31.2 Å². The van der Waals surface area contributed by atoms with Gasteiger partial charge in [0, 0.05) is 38.5 Å². The van der Waals surface area contributed by atoms with Crippen LogP contribution in [0.1, 0.15) is 55.4 Å². The van der Waals surface area contributed by atoms with Gasteiger partial charge in [0.2, 0.25) is 11.8 Å². The summed E-state index contributed by atoms with van der Waals surface area (Å²) in [6, 6.07) is 9.76. The van der Waals surface area contributed by atoms with E-state index in [1.807, 2.05) is 0 Å². The summed E-state index contributed by atoms with van der Waals surface area (Å²) < 4.78 is 51.4. The lowest BCUT2D eigenvalue weighted by molar-refractivity contribution is -0.138. The van der Waals surface area contributed by atoms with E-state index < -0.39 is 23.4 Å². The molecule has 36 heavy (non-hydrogen) atoms. The molecule has 4 rings (SSSR count). The minimum atomic E-state index is -4.65. The Morgan fingerprint density at radius 2 is 1.81 bits per heavy atom. The number of nitrogens with one attached hydrogen (secondary N) is 2. The average molecular weight is 507 g/mol. The van der Waals surface area contributed by atoms with Crippen molar-refractivity contribution in [3.8, 4) is 11.5 Å². The van der Waals surface area contributed by atoms with Crippen molar-refractivity contribution < 1.29 is 37.3 Å². The molecule has 1 aliphatic heterocycles. The van der Waals surface area contributed by atoms with Gasteiger partial charge >= 0.3 is 6.18 Å². The van der Waals surface area contributed by atoms with Crippen molar-refractivity contribution in [3.05, 3.63) is 59.2 Å². The Kier molecular flexibility index (Phi) is 7.56. The van der Waals surface area contributed by atoms with Crippen LogP contribution in [-0.4, -0.2) is 35.7 Å². The first-order chi connectivity index (χ1) is 17.1. The SMILES string of the molecule is CC(O)c1ccc(Oc2ccc(CNC(=O)C3(NC(=O)C4CC4)CCOCC3)cc2)c(C(F)(F)F)c1. The Morgan fingerprint density at radius 3 is 2.39 bits per heavy atom. The molecule has 0 radical (unpaired) electrons. The molecule has 2 amide bonds. The normalized spacial score (nSPS) is 18.2. The number of amides is 2. The predicted octanol–water partition coefficient (Wildman–Crippen LogP) is 4.24. The van der Waals surface area contributed by atoms with E-state index in [9.17, 15) is 27.9 Å². The Balaban J connectivity index is 1.40. The molecule has 2 fully saturated rings. The number of carbonyl (C=O) groups excluding carboxylic acids is 2. The molecule has 194 valence electrons. The summed E-state index contributed by atoms with van der Waals surface area (Å²) in [5, 5.41) is 15.4. The number of hydrogen-bond donors (Lipinski definition) is 3. The van der Waals surface area contributed by atoms with Gasteiger partial charge in [-0.05, 0) is 55.2 Å². The fourth-order valence-electron chi connectivity index (χ4n) is 4.08. The molecule has 1 heterocycles. The molecule has 1 atom stereocenters. The number of alkyl halides is 3. The topological polar surface area (TPSA) is 96.9 Å². The zero-order valence-corrected chi connectivity index (χ0v) is 19.9. The van der Waals surface area contributed by atoms with Crippen molar-refractivity contribution in [3.63, 3.8) is 0 Å². The van der Waals surface area contributed by atoms with Crippen molar-refractivity contribution in [2.24, 2.45) is 5.92 Å². The van der Waals surface area contributed by atoms with Gasteiger partial charge in [0.1, 0.15) is 17.0 Å². The molecule has 3 N–H and O–H groups in total. The molecule has 0 bridgehead atoms. The van der Waals surface area contributed by atoms with E-state index in [4.69, 9.17) is 9.47 Å². The van der Waals surface area contributed by atoms with Crippen LogP contribution < -0.4 is 15.4 Å². The number of ether oxygens (including phenoxy) is 2. The highest BCUT2D eigenvalue weighted by Gasteiger charge is 2.44. The second-order valence-corrected chi connectivity index (χ2v) is 9.32. The van der Waals surface area contributed by atoms with Gasteiger partial charge in [-0.2, -0.15) is 13.2 Å². The number of benzene rings is 2. The van der Waals surface area contributed by atoms with E-state index in [0.717, 1.165) is 18.9 Å². The largest absolute Gasteiger partial charge is 0.457 e. The third kappa shape index (κ3) is 6.17. The number of aliphatic hydroxyl groups is 1. The highest BCUT2D eigenvalue weighted by atomic mass is 19.4. The van der Waals surface area contributed by atoms with E-state index in [2.05, 4.69) is 10.6 Å². The molecule has 10 heteroatoms. The molecule has 0 aromatic heterocycles. The summed E-state index contributed by atoms with van der Waals surface area (Å²) >= 11 is 0. The fourth-order valence-corrected chi connectivity index (χ4v) is 4.08. The summed E-state index contributed by atoms with van der Waals surface area (Å²) in [5.41, 5.74) is -1.14. The first kappa shape index (κ1) is 26.0. The Hall–Kier alpha value is -3.11. The van der Waals surface area contributed by atoms with Crippen LogP contribution in [0.2, 0.25) is 0 Å². The van der Waals surface area contributed by atoms with Gasteiger partial charge < -0.3 is 25.2 Å². The standard InChI is InChI=1S/C26H29F3N2O5/c1-16(32)19-6-9-22(21(14-19)26(27,28)29)36-20-7-2-17(3-8-20)15-30-24(34)25(10-12-35-13-11-25)31-23(33)18-4-5-18/h2-3,6-9,14,16,18,32H,4-5,10-13,15H2,1H3,(H,30,34)(H,31,33). The van der Waals surface area contributed by atoms with Crippen LogP contribution in [0.25, 0.3) is 0 Å². The van der Waals surface area contributed by atoms with Gasteiger partial charge in [-0.15, -0.1) is 0 Å². The number of hydrogen-bond acceptors (Lipinski definition) is 5.